The van der Waals surface area contributed by atoms with Crippen LogP contribution in [-0.4, -0.2) is 100 Å². The fraction of sp³-hybridized carbons (Fsp3) is 0.429. The number of piperidine rings is 2. The molecule has 4 saturated heterocycles. The fourth-order valence-corrected chi connectivity index (χ4v) is 8.31. The van der Waals surface area contributed by atoms with Crippen molar-refractivity contribution in [3.05, 3.63) is 114 Å². The van der Waals surface area contributed by atoms with E-state index >= 15 is 0 Å². The van der Waals surface area contributed by atoms with Crippen molar-refractivity contribution in [1.29, 1.82) is 0 Å². The summed E-state index contributed by atoms with van der Waals surface area (Å²) in [7, 11) is 0. The number of likely N-dealkylation sites (tertiary alicyclic amines) is 3. The second-order valence-corrected chi connectivity index (χ2v) is 14.4. The van der Waals surface area contributed by atoms with E-state index in [1.54, 1.807) is 0 Å². The number of nitrogens with one attached hydrogen (secondary N) is 1. The lowest BCUT2D eigenvalue weighted by Crippen LogP contribution is -2.74. The molecular weight excluding hydrogens is 654 g/mol. The van der Waals surface area contributed by atoms with Crippen molar-refractivity contribution < 1.29 is 23.9 Å². The number of rotatable bonds is 11. The van der Waals surface area contributed by atoms with Crippen molar-refractivity contribution in [3.8, 4) is 0 Å². The monoisotopic (exact) mass is 703 g/mol. The molecule has 10 heteroatoms. The Kier molecular flexibility index (Phi) is 11.0. The summed E-state index contributed by atoms with van der Waals surface area (Å²) in [6, 6.07) is 25.9. The largest absolute Gasteiger partial charge is 0.447 e. The van der Waals surface area contributed by atoms with Gasteiger partial charge in [0.25, 0.3) is 0 Å². The number of hydrogen-bond acceptors (Lipinski definition) is 6. The Morgan fingerprint density at radius 1 is 0.846 bits per heavy atom. The highest BCUT2D eigenvalue weighted by Crippen LogP contribution is 2.39. The van der Waals surface area contributed by atoms with Gasteiger partial charge in [-0.1, -0.05) is 110 Å². The van der Waals surface area contributed by atoms with Crippen LogP contribution in [0.5, 0.6) is 0 Å². The minimum Gasteiger partial charge on any atom is -0.447 e. The number of amides is 4. The Hall–Kier alpha value is -4.96. The number of cyclic esters (lactones) is 1. The molecule has 0 bridgehead atoms. The Labute approximate surface area is 306 Å². The van der Waals surface area contributed by atoms with Crippen molar-refractivity contribution in [1.82, 2.24) is 24.9 Å². The van der Waals surface area contributed by atoms with Crippen LogP contribution < -0.4 is 5.32 Å². The van der Waals surface area contributed by atoms with E-state index in [1.807, 2.05) is 115 Å². The Bertz CT molecular complexity index is 1720. The molecule has 3 aromatic rings. The van der Waals surface area contributed by atoms with Gasteiger partial charge >= 0.3 is 6.09 Å². The summed E-state index contributed by atoms with van der Waals surface area (Å²) in [4.78, 5) is 63.8. The van der Waals surface area contributed by atoms with Crippen LogP contribution >= 0.6 is 0 Å². The van der Waals surface area contributed by atoms with Crippen LogP contribution in [0.1, 0.15) is 74.2 Å². The van der Waals surface area contributed by atoms with Crippen LogP contribution in [0.15, 0.2) is 97.1 Å². The molecule has 272 valence electrons. The maximum atomic E-state index is 14.5. The van der Waals surface area contributed by atoms with Crippen molar-refractivity contribution >= 4 is 29.9 Å². The molecule has 10 nitrogen and oxygen atoms in total. The molecule has 0 aliphatic carbocycles. The number of nitrogens with zero attached hydrogens (tertiary/aromatic N) is 4. The molecule has 1 N–H and O–H groups in total. The summed E-state index contributed by atoms with van der Waals surface area (Å²) in [6.07, 6.45) is 8.60. The van der Waals surface area contributed by atoms with Crippen molar-refractivity contribution in [2.75, 3.05) is 32.8 Å². The second-order valence-electron chi connectivity index (χ2n) is 14.4. The molecule has 3 aromatic carbocycles. The first kappa shape index (κ1) is 35.4. The average molecular weight is 704 g/mol. The quantitative estimate of drug-likeness (QED) is 0.262. The molecule has 4 aliphatic rings. The lowest BCUT2D eigenvalue weighted by Gasteiger charge is -2.52. The smallest absolute Gasteiger partial charge is 0.411 e. The van der Waals surface area contributed by atoms with E-state index in [1.165, 1.54) is 29.1 Å². The summed E-state index contributed by atoms with van der Waals surface area (Å²) < 4.78 is 5.54. The zero-order chi connectivity index (χ0) is 36.0. The Balaban J connectivity index is 1.17. The Morgan fingerprint density at radius 2 is 1.48 bits per heavy atom. The van der Waals surface area contributed by atoms with Crippen LogP contribution in [0.4, 0.5) is 4.79 Å². The predicted octanol–water partition coefficient (Wildman–Crippen LogP) is 5.59. The van der Waals surface area contributed by atoms with E-state index in [0.29, 0.717) is 19.1 Å². The van der Waals surface area contributed by atoms with Gasteiger partial charge in [-0.05, 0) is 62.4 Å². The number of carbonyl (C=O) groups excluding carboxylic acids is 4. The molecule has 7 rings (SSSR count). The van der Waals surface area contributed by atoms with Gasteiger partial charge in [-0.15, -0.1) is 0 Å². The third-order valence-corrected chi connectivity index (χ3v) is 11.2. The van der Waals surface area contributed by atoms with E-state index < -0.39 is 36.2 Å². The minimum atomic E-state index is -1.08. The van der Waals surface area contributed by atoms with Gasteiger partial charge in [0.2, 0.25) is 17.7 Å². The van der Waals surface area contributed by atoms with Gasteiger partial charge in [0.15, 0.2) is 0 Å². The molecule has 5 atom stereocenters. The van der Waals surface area contributed by atoms with E-state index in [-0.39, 0.29) is 30.9 Å². The second kappa shape index (κ2) is 16.2. The average Bonchev–Trinajstić information content (AvgIpc) is 3.57. The maximum Gasteiger partial charge on any atom is 0.411 e. The van der Waals surface area contributed by atoms with Crippen LogP contribution in [0.2, 0.25) is 0 Å². The van der Waals surface area contributed by atoms with Gasteiger partial charge in [0.05, 0.1) is 24.5 Å². The fourth-order valence-electron chi connectivity index (χ4n) is 8.31. The van der Waals surface area contributed by atoms with Crippen molar-refractivity contribution in [2.45, 2.75) is 81.7 Å². The van der Waals surface area contributed by atoms with Crippen LogP contribution in [0.3, 0.4) is 0 Å². The number of β-lactam (4-membered cyclic amide) rings is 1. The lowest BCUT2D eigenvalue weighted by molar-refractivity contribution is -0.164. The molecule has 0 radical (unpaired) electrons. The minimum absolute atomic E-state index is 0.117. The third kappa shape index (κ3) is 7.62. The first-order valence-corrected chi connectivity index (χ1v) is 18.8. The van der Waals surface area contributed by atoms with Crippen molar-refractivity contribution in [2.24, 2.45) is 0 Å². The molecule has 4 aliphatic heterocycles. The molecule has 0 spiro atoms. The van der Waals surface area contributed by atoms with E-state index in [2.05, 4.69) is 10.2 Å². The molecule has 0 saturated carbocycles. The zero-order valence-corrected chi connectivity index (χ0v) is 29.9. The SMILES string of the molecule is C[C@@H](NC(=O)[C@@H](CC(=O)N1CCC(N2CCCCC2)CC1)N1C(=O)[C@@H](N2C(=O)OC[C@@H]2c2ccccc2)[C@H]1/C=C/c1ccccc1)c1ccccc1. The zero-order valence-electron chi connectivity index (χ0n) is 29.9. The number of ether oxygens (including phenoxy) is 1. The first-order valence-electron chi connectivity index (χ1n) is 18.8. The molecule has 0 aromatic heterocycles. The molecule has 52 heavy (non-hydrogen) atoms. The summed E-state index contributed by atoms with van der Waals surface area (Å²) in [5.74, 6) is -0.928. The first-order chi connectivity index (χ1) is 25.4. The topological polar surface area (TPSA) is 103 Å². The van der Waals surface area contributed by atoms with Gasteiger partial charge in [0, 0.05) is 19.1 Å². The highest BCUT2D eigenvalue weighted by molar-refractivity contribution is 5.99. The van der Waals surface area contributed by atoms with Crippen molar-refractivity contribution in [3.63, 3.8) is 0 Å². The van der Waals surface area contributed by atoms with E-state index in [4.69, 9.17) is 4.74 Å². The lowest BCUT2D eigenvalue weighted by atomic mass is 9.87. The molecule has 4 heterocycles. The van der Waals surface area contributed by atoms with E-state index in [0.717, 1.165) is 42.6 Å². The summed E-state index contributed by atoms with van der Waals surface area (Å²) in [6.45, 7) is 5.50. The van der Waals surface area contributed by atoms with Gasteiger partial charge in [-0.25, -0.2) is 4.79 Å². The summed E-state index contributed by atoms with van der Waals surface area (Å²) in [5, 5.41) is 3.11. The van der Waals surface area contributed by atoms with Gasteiger partial charge < -0.3 is 24.8 Å². The van der Waals surface area contributed by atoms with Gasteiger partial charge in [-0.3, -0.25) is 19.3 Å². The normalized spacial score (nSPS) is 24.0. The third-order valence-electron chi connectivity index (χ3n) is 11.2. The Morgan fingerprint density at radius 3 is 2.15 bits per heavy atom. The van der Waals surface area contributed by atoms with Crippen LogP contribution in [-0.2, 0) is 19.1 Å². The van der Waals surface area contributed by atoms with Gasteiger partial charge in [-0.2, -0.15) is 0 Å². The standard InChI is InChI=1S/C42H49N5O5/c1-30(32-16-8-3-9-17-32)43-40(49)36(28-38(48)45-26-22-34(23-27-45)44-24-12-5-13-25-44)46-35(21-20-31-14-6-2-7-15-31)39(41(46)50)47-37(29-52-42(47)51)33-18-10-4-11-19-33/h2-4,6-11,14-21,30,34-37,39H,5,12-13,22-29H2,1H3,(H,43,49)/b21-20+/t30-,35-,36-,37-,39+/m1/s1. The van der Waals surface area contributed by atoms with E-state index in [9.17, 15) is 19.2 Å². The summed E-state index contributed by atoms with van der Waals surface area (Å²) >= 11 is 0. The highest BCUT2D eigenvalue weighted by atomic mass is 16.6. The number of benzene rings is 3. The molecule has 4 fully saturated rings. The van der Waals surface area contributed by atoms with Crippen LogP contribution in [0.25, 0.3) is 6.08 Å². The predicted molar refractivity (Wildman–Crippen MR) is 199 cm³/mol. The highest BCUT2D eigenvalue weighted by Gasteiger charge is 2.58. The van der Waals surface area contributed by atoms with Crippen LogP contribution in [0, 0.1) is 0 Å². The van der Waals surface area contributed by atoms with Gasteiger partial charge in [0.1, 0.15) is 18.7 Å². The number of carbonyl (C=O) groups is 4. The number of hydrogen-bond donors (Lipinski definition) is 1. The molecule has 0 unspecified atom stereocenters. The summed E-state index contributed by atoms with van der Waals surface area (Å²) in [5.41, 5.74) is 2.69. The maximum absolute atomic E-state index is 14.5. The molecule has 4 amide bonds. The molecular formula is C42H49N5O5.